The van der Waals surface area contributed by atoms with Gasteiger partial charge in [-0.25, -0.2) is 0 Å². The Hall–Kier alpha value is -4.06. The van der Waals surface area contributed by atoms with Gasteiger partial charge in [0.25, 0.3) is 5.91 Å². The SMILES string of the molecule is CN(CCC(=O)NC=O)c1cccc2c1cnn2C1CCN(CC2CCN(/C(N)=C/C=C(\N)C(=O)NC3CCCCC3)CC2)CC1. The van der Waals surface area contributed by atoms with Crippen LogP contribution in [0.25, 0.3) is 10.9 Å². The van der Waals surface area contributed by atoms with E-state index in [2.05, 4.69) is 31.2 Å². The van der Waals surface area contributed by atoms with Crippen molar-refractivity contribution in [2.75, 3.05) is 51.2 Å². The van der Waals surface area contributed by atoms with Crippen LogP contribution in [-0.4, -0.2) is 90.2 Å². The minimum atomic E-state index is -0.284. The van der Waals surface area contributed by atoms with Gasteiger partial charge in [0, 0.05) is 69.9 Å². The molecule has 12 nitrogen and oxygen atoms in total. The molecule has 3 fully saturated rings. The van der Waals surface area contributed by atoms with Gasteiger partial charge in [-0.3, -0.25) is 24.4 Å². The first-order valence-corrected chi connectivity index (χ1v) is 16.9. The van der Waals surface area contributed by atoms with Crippen molar-refractivity contribution in [2.24, 2.45) is 17.4 Å². The first-order chi connectivity index (χ1) is 22.3. The van der Waals surface area contributed by atoms with E-state index in [1.165, 1.54) is 6.42 Å². The number of amides is 3. The van der Waals surface area contributed by atoms with E-state index in [9.17, 15) is 14.4 Å². The third-order valence-corrected chi connectivity index (χ3v) is 9.96. The Labute approximate surface area is 272 Å². The average Bonchev–Trinajstić information content (AvgIpc) is 3.52. The molecule has 0 radical (unpaired) electrons. The normalized spacial score (nSPS) is 19.7. The highest BCUT2D eigenvalue weighted by Gasteiger charge is 2.27. The fourth-order valence-electron chi connectivity index (χ4n) is 7.16. The van der Waals surface area contributed by atoms with E-state index in [4.69, 9.17) is 16.6 Å². The molecule has 3 heterocycles. The summed E-state index contributed by atoms with van der Waals surface area (Å²) in [6.07, 6.45) is 15.9. The van der Waals surface area contributed by atoms with E-state index in [1.54, 1.807) is 12.2 Å². The fraction of sp³-hybridized carbons (Fsp3) is 0.588. The molecule has 1 aliphatic carbocycles. The molecule has 6 N–H and O–H groups in total. The smallest absolute Gasteiger partial charge is 0.267 e. The van der Waals surface area contributed by atoms with Crippen molar-refractivity contribution in [3.8, 4) is 0 Å². The maximum absolute atomic E-state index is 12.5. The summed E-state index contributed by atoms with van der Waals surface area (Å²) >= 11 is 0. The lowest BCUT2D eigenvalue weighted by molar-refractivity contribution is -0.125. The zero-order chi connectivity index (χ0) is 32.5. The number of rotatable bonds is 12. The minimum absolute atomic E-state index is 0.202. The van der Waals surface area contributed by atoms with E-state index in [-0.39, 0.29) is 30.0 Å². The molecule has 2 aromatic rings. The molecule has 3 amide bonds. The Morgan fingerprint density at radius 3 is 2.46 bits per heavy atom. The van der Waals surface area contributed by atoms with Gasteiger partial charge in [0.15, 0.2) is 0 Å². The second kappa shape index (κ2) is 16.0. The monoisotopic (exact) mass is 633 g/mol. The topological polar surface area (TPSA) is 155 Å². The molecule has 0 bridgehead atoms. The number of carbonyl (C=O) groups is 3. The Balaban J connectivity index is 1.06. The van der Waals surface area contributed by atoms with Gasteiger partial charge in [-0.2, -0.15) is 5.10 Å². The van der Waals surface area contributed by atoms with Crippen molar-refractivity contribution in [1.29, 1.82) is 0 Å². The number of nitrogens with one attached hydrogen (secondary N) is 2. The minimum Gasteiger partial charge on any atom is -0.394 e. The summed E-state index contributed by atoms with van der Waals surface area (Å²) in [6.45, 7) is 5.52. The third kappa shape index (κ3) is 8.60. The zero-order valence-electron chi connectivity index (χ0n) is 27.2. The molecule has 12 heteroatoms. The Kier molecular flexibility index (Phi) is 11.6. The summed E-state index contributed by atoms with van der Waals surface area (Å²) in [5.74, 6) is 0.816. The molecule has 250 valence electrons. The maximum Gasteiger partial charge on any atom is 0.267 e. The Bertz CT molecular complexity index is 1400. The number of piperidine rings is 2. The predicted molar refractivity (Wildman–Crippen MR) is 180 cm³/mol. The van der Waals surface area contributed by atoms with Crippen molar-refractivity contribution < 1.29 is 14.4 Å². The number of imide groups is 1. The molecular formula is C34H51N9O3. The molecule has 0 spiro atoms. The second-order valence-electron chi connectivity index (χ2n) is 13.1. The van der Waals surface area contributed by atoms with Crippen LogP contribution in [0.2, 0.25) is 0 Å². The zero-order valence-corrected chi connectivity index (χ0v) is 27.2. The molecule has 2 aliphatic heterocycles. The first-order valence-electron chi connectivity index (χ1n) is 16.9. The van der Waals surface area contributed by atoms with Gasteiger partial charge in [0.05, 0.1) is 29.3 Å². The highest BCUT2D eigenvalue weighted by molar-refractivity contribution is 5.93. The van der Waals surface area contributed by atoms with Crippen LogP contribution < -0.4 is 27.0 Å². The van der Waals surface area contributed by atoms with E-state index < -0.39 is 0 Å². The van der Waals surface area contributed by atoms with Crippen LogP contribution >= 0.6 is 0 Å². The van der Waals surface area contributed by atoms with Gasteiger partial charge in [-0.1, -0.05) is 25.3 Å². The number of fused-ring (bicyclic) bond motifs is 1. The van der Waals surface area contributed by atoms with Gasteiger partial charge >= 0.3 is 0 Å². The van der Waals surface area contributed by atoms with E-state index >= 15 is 0 Å². The summed E-state index contributed by atoms with van der Waals surface area (Å²) in [6, 6.07) is 6.79. The highest BCUT2D eigenvalue weighted by Crippen LogP contribution is 2.32. The summed E-state index contributed by atoms with van der Waals surface area (Å²) in [5.41, 5.74) is 14.8. The van der Waals surface area contributed by atoms with Crippen LogP contribution in [0.3, 0.4) is 0 Å². The van der Waals surface area contributed by atoms with Crippen LogP contribution in [0.1, 0.15) is 70.3 Å². The van der Waals surface area contributed by atoms with Crippen LogP contribution in [0.5, 0.6) is 0 Å². The lowest BCUT2D eigenvalue weighted by atomic mass is 9.94. The van der Waals surface area contributed by atoms with E-state index in [1.807, 2.05) is 30.3 Å². The fourth-order valence-corrected chi connectivity index (χ4v) is 7.16. The number of anilines is 1. The van der Waals surface area contributed by atoms with Crippen LogP contribution in [-0.2, 0) is 14.4 Å². The quantitative estimate of drug-likeness (QED) is 0.157. The molecular weight excluding hydrogens is 582 g/mol. The lowest BCUT2D eigenvalue weighted by Gasteiger charge is -2.38. The molecule has 1 aromatic carbocycles. The average molecular weight is 634 g/mol. The first kappa shape index (κ1) is 33.3. The van der Waals surface area contributed by atoms with Gasteiger partial charge in [-0.15, -0.1) is 0 Å². The summed E-state index contributed by atoms with van der Waals surface area (Å²) in [7, 11) is 1.96. The molecule has 3 aliphatic rings. The number of benzene rings is 1. The van der Waals surface area contributed by atoms with Gasteiger partial charge in [0.2, 0.25) is 12.3 Å². The summed E-state index contributed by atoms with van der Waals surface area (Å²) in [4.78, 5) is 41.6. The van der Waals surface area contributed by atoms with Crippen LogP contribution in [0.4, 0.5) is 5.69 Å². The molecule has 1 aromatic heterocycles. The van der Waals surface area contributed by atoms with Crippen LogP contribution in [0.15, 0.2) is 48.1 Å². The predicted octanol–water partition coefficient (Wildman–Crippen LogP) is 2.58. The number of nitrogens with two attached hydrogens (primary N) is 2. The molecule has 2 saturated heterocycles. The number of carbonyl (C=O) groups excluding carboxylic acids is 3. The summed E-state index contributed by atoms with van der Waals surface area (Å²) < 4.78 is 2.18. The molecule has 0 unspecified atom stereocenters. The molecule has 0 atom stereocenters. The van der Waals surface area contributed by atoms with Crippen molar-refractivity contribution in [2.45, 2.75) is 76.3 Å². The second-order valence-corrected chi connectivity index (χ2v) is 13.1. The molecule has 46 heavy (non-hydrogen) atoms. The Morgan fingerprint density at radius 1 is 1.00 bits per heavy atom. The molecule has 1 saturated carbocycles. The van der Waals surface area contributed by atoms with Crippen LogP contribution in [0, 0.1) is 5.92 Å². The van der Waals surface area contributed by atoms with Gasteiger partial charge in [-0.05, 0) is 68.7 Å². The van der Waals surface area contributed by atoms with Crippen molar-refractivity contribution in [3.63, 3.8) is 0 Å². The number of hydrogen-bond acceptors (Lipinski definition) is 9. The number of likely N-dealkylation sites (tertiary alicyclic amines) is 2. The highest BCUT2D eigenvalue weighted by atomic mass is 16.2. The third-order valence-electron chi connectivity index (χ3n) is 9.96. The van der Waals surface area contributed by atoms with Gasteiger partial charge < -0.3 is 31.5 Å². The largest absolute Gasteiger partial charge is 0.394 e. The standard InChI is InChI=1S/C34H51N9O3/c1-40(17-16-33(45)37-24-44)30-8-5-9-31-28(30)22-38-43(31)27-14-18-41(19-15-27)23-25-12-20-42(21-13-25)32(36)11-10-29(35)34(46)39-26-6-3-2-4-7-26/h5,8-11,22,24-27H,2-4,6-7,12-21,23,35-36H2,1H3,(H,39,46)(H,37,44,45)/b29-10-,32-11+. The van der Waals surface area contributed by atoms with Gasteiger partial charge in [0.1, 0.15) is 0 Å². The van der Waals surface area contributed by atoms with Crippen molar-refractivity contribution >= 4 is 34.8 Å². The van der Waals surface area contributed by atoms with Crippen molar-refractivity contribution in [1.82, 2.24) is 30.2 Å². The molecule has 5 rings (SSSR count). The van der Waals surface area contributed by atoms with E-state index in [0.29, 0.717) is 30.7 Å². The Morgan fingerprint density at radius 2 is 1.74 bits per heavy atom. The van der Waals surface area contributed by atoms with Crippen molar-refractivity contribution in [3.05, 3.63) is 48.1 Å². The lowest BCUT2D eigenvalue weighted by Crippen LogP contribution is -2.42. The number of allylic oxidation sites excluding steroid dienone is 2. The number of aromatic nitrogens is 2. The maximum atomic E-state index is 12.5. The summed E-state index contributed by atoms with van der Waals surface area (Å²) in [5, 5.41) is 11.1. The number of hydrogen-bond donors (Lipinski definition) is 4. The van der Waals surface area contributed by atoms with E-state index in [0.717, 1.165) is 101 Å². The number of nitrogens with zero attached hydrogens (tertiary/aromatic N) is 5.